The van der Waals surface area contributed by atoms with Gasteiger partial charge in [-0.25, -0.2) is 0 Å². The van der Waals surface area contributed by atoms with Gasteiger partial charge in [0.05, 0.1) is 0 Å². The highest BCUT2D eigenvalue weighted by Gasteiger charge is 2.21. The third-order valence-corrected chi connectivity index (χ3v) is 6.95. The summed E-state index contributed by atoms with van der Waals surface area (Å²) in [5.41, 5.74) is 10.5. The highest BCUT2D eigenvalue weighted by Crippen LogP contribution is 2.38. The van der Waals surface area contributed by atoms with E-state index in [0.29, 0.717) is 40.6 Å². The van der Waals surface area contributed by atoms with Crippen LogP contribution in [0.2, 0.25) is 0 Å². The van der Waals surface area contributed by atoms with E-state index in [9.17, 15) is 0 Å². The second-order valence-electron chi connectivity index (χ2n) is 11.7. The monoisotopic (exact) mass is 480 g/mol. The van der Waals surface area contributed by atoms with E-state index in [0.717, 1.165) is 0 Å². The van der Waals surface area contributed by atoms with Crippen LogP contribution in [0, 0.1) is 0 Å². The van der Waals surface area contributed by atoms with Crippen molar-refractivity contribution >= 4 is 28.7 Å². The molecule has 0 amide bonds. The minimum Gasteiger partial charge on any atom is -0.332 e. The highest BCUT2D eigenvalue weighted by molar-refractivity contribution is 7.80. The van der Waals surface area contributed by atoms with Crippen LogP contribution in [0.5, 0.6) is 0 Å². The predicted octanol–water partition coefficient (Wildman–Crippen LogP) is 10.2. The number of nitrogens with one attached hydrogen (secondary N) is 2. The maximum atomic E-state index is 5.95. The summed E-state index contributed by atoms with van der Waals surface area (Å²) in [7, 11) is 0. The van der Waals surface area contributed by atoms with Crippen molar-refractivity contribution in [2.24, 2.45) is 0 Å². The molecule has 3 heteroatoms. The molecule has 0 aliphatic carbocycles. The number of thiocarbonyl (C=S) groups is 1. The molecule has 0 radical (unpaired) electrons. The van der Waals surface area contributed by atoms with Crippen molar-refractivity contribution < 1.29 is 0 Å². The summed E-state index contributed by atoms with van der Waals surface area (Å²) < 4.78 is 0. The predicted molar refractivity (Wildman–Crippen MR) is 157 cm³/mol. The van der Waals surface area contributed by atoms with Crippen molar-refractivity contribution in [3.8, 4) is 0 Å². The molecule has 2 aromatic carbocycles. The number of benzene rings is 2. The first-order valence-electron chi connectivity index (χ1n) is 13.2. The van der Waals surface area contributed by atoms with Gasteiger partial charge in [0.15, 0.2) is 5.11 Å². The number of rotatable bonds is 8. The van der Waals surface area contributed by atoms with Gasteiger partial charge in [-0.15, -0.1) is 0 Å². The van der Waals surface area contributed by atoms with Gasteiger partial charge in [0, 0.05) is 11.4 Å². The molecule has 0 fully saturated rings. The van der Waals surface area contributed by atoms with Crippen LogP contribution in [-0.2, 0) is 0 Å². The largest absolute Gasteiger partial charge is 0.332 e. The Morgan fingerprint density at radius 3 is 0.882 bits per heavy atom. The zero-order chi connectivity index (χ0) is 25.9. The number of hydrogen-bond acceptors (Lipinski definition) is 1. The number of hydrogen-bond donors (Lipinski definition) is 2. The van der Waals surface area contributed by atoms with Gasteiger partial charge >= 0.3 is 0 Å². The Hall–Kier alpha value is -1.87. The summed E-state index contributed by atoms with van der Waals surface area (Å²) in [5, 5.41) is 7.96. The average Bonchev–Trinajstić information content (AvgIpc) is 2.72. The van der Waals surface area contributed by atoms with Gasteiger partial charge in [0.25, 0.3) is 0 Å². The molecule has 0 aromatic heterocycles. The van der Waals surface area contributed by atoms with E-state index >= 15 is 0 Å². The van der Waals surface area contributed by atoms with Crippen LogP contribution in [0.1, 0.15) is 152 Å². The van der Waals surface area contributed by atoms with Crippen LogP contribution >= 0.6 is 12.2 Å². The molecule has 0 aliphatic heterocycles. The first kappa shape index (κ1) is 28.4. The maximum Gasteiger partial charge on any atom is 0.175 e. The molecule has 0 saturated heterocycles. The molecule has 0 aliphatic rings. The molecule has 188 valence electrons. The Bertz CT molecular complexity index is 859. The second-order valence-corrected chi connectivity index (χ2v) is 12.1. The summed E-state index contributed by atoms with van der Waals surface area (Å²) in [6.45, 7) is 27.2. The summed E-state index contributed by atoms with van der Waals surface area (Å²) in [6, 6.07) is 9.46. The molecule has 0 bridgehead atoms. The van der Waals surface area contributed by atoms with Gasteiger partial charge in [-0.3, -0.25) is 0 Å². The fourth-order valence-corrected chi connectivity index (χ4v) is 4.66. The van der Waals surface area contributed by atoms with Gasteiger partial charge in [0.2, 0.25) is 0 Å². The zero-order valence-corrected chi connectivity index (χ0v) is 24.5. The van der Waals surface area contributed by atoms with Crippen LogP contribution < -0.4 is 10.6 Å². The summed E-state index contributed by atoms with van der Waals surface area (Å²) in [5.74, 6) is 2.62. The van der Waals surface area contributed by atoms with E-state index in [1.54, 1.807) is 0 Å². The van der Waals surface area contributed by atoms with E-state index in [-0.39, 0.29) is 0 Å². The molecule has 0 heterocycles. The fourth-order valence-electron chi connectivity index (χ4n) is 4.46. The van der Waals surface area contributed by atoms with Crippen molar-refractivity contribution in [3.05, 3.63) is 57.6 Å². The van der Waals surface area contributed by atoms with Crippen LogP contribution in [0.25, 0.3) is 0 Å². The van der Waals surface area contributed by atoms with Gasteiger partial charge in [0.1, 0.15) is 0 Å². The quantitative estimate of drug-likeness (QED) is 0.367. The SMILES string of the molecule is CC(C)c1cc(C(C)C)c(NC(=S)Nc2c(C(C)C)cc(C(C)C)cc2C(C)C)c(C(C)C)c1. The molecule has 34 heavy (non-hydrogen) atoms. The van der Waals surface area contributed by atoms with E-state index in [2.05, 4.69) is 118 Å². The standard InChI is InChI=1S/C31H48N2S/c1-17(2)23-13-25(19(5)6)29(26(14-23)20(7)8)32-31(34)33-30-27(21(9)10)15-24(18(3)4)16-28(30)22(11)12/h13-22H,1-12H3,(H2,32,33,34). The minimum atomic E-state index is 0.407. The Kier molecular flexibility index (Phi) is 9.77. The molecule has 0 saturated carbocycles. The molecule has 0 unspecified atom stereocenters. The lowest BCUT2D eigenvalue weighted by molar-refractivity contribution is 0.807. The summed E-state index contributed by atoms with van der Waals surface area (Å²) >= 11 is 5.95. The topological polar surface area (TPSA) is 24.1 Å². The fraction of sp³-hybridized carbons (Fsp3) is 0.581. The maximum absolute atomic E-state index is 5.95. The van der Waals surface area contributed by atoms with Gasteiger partial charge in [-0.05, 0) is 81.1 Å². The lowest BCUT2D eigenvalue weighted by Crippen LogP contribution is -2.24. The molecule has 0 atom stereocenters. The minimum absolute atomic E-state index is 0.407. The zero-order valence-electron chi connectivity index (χ0n) is 23.7. The van der Waals surface area contributed by atoms with Crippen molar-refractivity contribution in [2.75, 3.05) is 10.6 Å². The van der Waals surface area contributed by atoms with Crippen LogP contribution in [-0.4, -0.2) is 5.11 Å². The third-order valence-electron chi connectivity index (χ3n) is 6.74. The van der Waals surface area contributed by atoms with Crippen molar-refractivity contribution in [3.63, 3.8) is 0 Å². The van der Waals surface area contributed by atoms with E-state index < -0.39 is 0 Å². The Morgan fingerprint density at radius 2 is 0.706 bits per heavy atom. The van der Waals surface area contributed by atoms with Crippen molar-refractivity contribution in [2.45, 2.75) is 119 Å². The van der Waals surface area contributed by atoms with Gasteiger partial charge in [-0.2, -0.15) is 0 Å². The van der Waals surface area contributed by atoms with Crippen LogP contribution in [0.3, 0.4) is 0 Å². The smallest absolute Gasteiger partial charge is 0.175 e. The third kappa shape index (κ3) is 6.62. The van der Waals surface area contributed by atoms with Crippen LogP contribution in [0.4, 0.5) is 11.4 Å². The highest BCUT2D eigenvalue weighted by atomic mass is 32.1. The lowest BCUT2D eigenvalue weighted by atomic mass is 9.87. The second kappa shape index (κ2) is 11.7. The molecular weight excluding hydrogens is 432 g/mol. The molecule has 0 spiro atoms. The lowest BCUT2D eigenvalue weighted by Gasteiger charge is -2.27. The van der Waals surface area contributed by atoms with Gasteiger partial charge < -0.3 is 10.6 Å². The average molecular weight is 481 g/mol. The van der Waals surface area contributed by atoms with E-state index in [4.69, 9.17) is 12.2 Å². The van der Waals surface area contributed by atoms with Crippen molar-refractivity contribution in [1.82, 2.24) is 0 Å². The normalized spacial score (nSPS) is 12.1. The molecule has 2 N–H and O–H groups in total. The van der Waals surface area contributed by atoms with Gasteiger partial charge in [-0.1, -0.05) is 107 Å². The first-order chi connectivity index (χ1) is 15.7. The molecule has 2 aromatic rings. The van der Waals surface area contributed by atoms with E-state index in [1.165, 1.54) is 44.8 Å². The van der Waals surface area contributed by atoms with Crippen LogP contribution in [0.15, 0.2) is 24.3 Å². The first-order valence-corrected chi connectivity index (χ1v) is 13.6. The summed E-state index contributed by atoms with van der Waals surface area (Å²) in [6.07, 6.45) is 0. The summed E-state index contributed by atoms with van der Waals surface area (Å²) in [4.78, 5) is 0. The Labute approximate surface area is 215 Å². The number of anilines is 2. The molecular formula is C31H48N2S. The van der Waals surface area contributed by atoms with E-state index in [1.807, 2.05) is 0 Å². The van der Waals surface area contributed by atoms with Crippen molar-refractivity contribution in [1.29, 1.82) is 0 Å². The Morgan fingerprint density at radius 1 is 0.471 bits per heavy atom. The molecule has 2 nitrogen and oxygen atoms in total. The molecule has 2 rings (SSSR count). The Balaban J connectivity index is 2.56.